The highest BCUT2D eigenvalue weighted by atomic mass is 35.5. The molecule has 0 bridgehead atoms. The van der Waals surface area contributed by atoms with Crippen molar-refractivity contribution in [1.82, 2.24) is 5.32 Å². The van der Waals surface area contributed by atoms with Gasteiger partial charge in [0.05, 0.1) is 16.5 Å². The van der Waals surface area contributed by atoms with Crippen molar-refractivity contribution in [3.05, 3.63) is 68.6 Å². The predicted molar refractivity (Wildman–Crippen MR) is 80.6 cm³/mol. The van der Waals surface area contributed by atoms with E-state index in [9.17, 15) is 14.7 Å². The Morgan fingerprint density at radius 1 is 1.24 bits per heavy atom. The number of carbonyl (C=O) groups is 2. The summed E-state index contributed by atoms with van der Waals surface area (Å²) in [6, 6.07) is 9.52. The first-order chi connectivity index (χ1) is 10.1. The Balaban J connectivity index is 2.03. The molecule has 0 radical (unpaired) electrons. The third kappa shape index (κ3) is 2.46. The number of carbonyl (C=O) groups excluding carboxylic acids is 2. The van der Waals surface area contributed by atoms with Crippen LogP contribution in [-0.4, -0.2) is 16.8 Å². The fourth-order valence-electron chi connectivity index (χ4n) is 2.22. The van der Waals surface area contributed by atoms with E-state index in [1.54, 1.807) is 41.8 Å². The van der Waals surface area contributed by atoms with Crippen LogP contribution in [0.25, 0.3) is 0 Å². The van der Waals surface area contributed by atoms with Gasteiger partial charge in [-0.25, -0.2) is 0 Å². The molecule has 0 aliphatic carbocycles. The first kappa shape index (κ1) is 13.9. The lowest BCUT2D eigenvalue weighted by molar-refractivity contribution is -0.119. The van der Waals surface area contributed by atoms with Crippen molar-refractivity contribution in [2.75, 3.05) is 0 Å². The highest BCUT2D eigenvalue weighted by molar-refractivity contribution is 7.12. The summed E-state index contributed by atoms with van der Waals surface area (Å²) in [5.41, 5.74) is 0.765. The van der Waals surface area contributed by atoms with Crippen molar-refractivity contribution in [3.8, 4) is 0 Å². The molecule has 106 valence electrons. The molecule has 1 aromatic carbocycles. The number of Topliss-reactive ketones (excluding diaryl/α,β-unsaturated/α-hetero) is 1. The van der Waals surface area contributed by atoms with E-state index in [0.29, 0.717) is 15.5 Å². The minimum Gasteiger partial charge on any atom is -0.503 e. The molecule has 2 heterocycles. The van der Waals surface area contributed by atoms with E-state index < -0.39 is 17.7 Å². The minimum atomic E-state index is -0.663. The maximum absolute atomic E-state index is 12.5. The smallest absolute Gasteiger partial charge is 0.287 e. The van der Waals surface area contributed by atoms with E-state index in [0.717, 1.165) is 0 Å². The molecule has 4 nitrogen and oxygen atoms in total. The lowest BCUT2D eigenvalue weighted by Crippen LogP contribution is -2.23. The molecule has 0 spiro atoms. The van der Waals surface area contributed by atoms with Crippen LogP contribution < -0.4 is 5.32 Å². The topological polar surface area (TPSA) is 66.4 Å². The Morgan fingerprint density at radius 2 is 1.95 bits per heavy atom. The number of nitrogens with one attached hydrogen (secondary N) is 1. The third-order valence-electron chi connectivity index (χ3n) is 3.23. The maximum atomic E-state index is 12.5. The lowest BCUT2D eigenvalue weighted by Gasteiger charge is -2.14. The number of rotatable bonds is 3. The van der Waals surface area contributed by atoms with Gasteiger partial charge in [-0.3, -0.25) is 9.59 Å². The first-order valence-electron chi connectivity index (χ1n) is 6.15. The second-order valence-electron chi connectivity index (χ2n) is 4.53. The fourth-order valence-corrected chi connectivity index (χ4v) is 3.02. The molecule has 1 aliphatic heterocycles. The second kappa shape index (κ2) is 5.35. The highest BCUT2D eigenvalue weighted by Crippen LogP contribution is 2.33. The molecule has 1 amide bonds. The Hall–Kier alpha value is -2.11. The van der Waals surface area contributed by atoms with E-state index in [4.69, 9.17) is 11.6 Å². The van der Waals surface area contributed by atoms with Gasteiger partial charge in [-0.05, 0) is 29.1 Å². The van der Waals surface area contributed by atoms with Crippen LogP contribution in [0.2, 0.25) is 5.02 Å². The largest absolute Gasteiger partial charge is 0.503 e. The molecule has 2 aromatic rings. The number of aliphatic hydroxyl groups is 1. The van der Waals surface area contributed by atoms with Crippen molar-refractivity contribution in [1.29, 1.82) is 0 Å². The molecule has 3 rings (SSSR count). The number of halogens is 1. The summed E-state index contributed by atoms with van der Waals surface area (Å²) < 4.78 is 0. The highest BCUT2D eigenvalue weighted by Gasteiger charge is 2.37. The van der Waals surface area contributed by atoms with Crippen LogP contribution in [-0.2, 0) is 4.79 Å². The van der Waals surface area contributed by atoms with Gasteiger partial charge in [0.1, 0.15) is 0 Å². The number of benzene rings is 1. The van der Waals surface area contributed by atoms with E-state index in [1.165, 1.54) is 11.3 Å². The van der Waals surface area contributed by atoms with Gasteiger partial charge in [0.15, 0.2) is 5.76 Å². The summed E-state index contributed by atoms with van der Waals surface area (Å²) in [7, 11) is 0. The molecule has 2 N–H and O–H groups in total. The lowest BCUT2D eigenvalue weighted by atomic mass is 9.96. The molecule has 0 fully saturated rings. The van der Waals surface area contributed by atoms with Crippen LogP contribution in [0.5, 0.6) is 0 Å². The Labute approximate surface area is 129 Å². The van der Waals surface area contributed by atoms with Gasteiger partial charge < -0.3 is 10.4 Å². The second-order valence-corrected chi connectivity index (χ2v) is 5.91. The number of ketones is 1. The van der Waals surface area contributed by atoms with Gasteiger partial charge in [-0.15, -0.1) is 11.3 Å². The number of amides is 1. The molecule has 1 aromatic heterocycles. The van der Waals surface area contributed by atoms with Crippen molar-refractivity contribution in [2.45, 2.75) is 6.04 Å². The number of aliphatic hydroxyl groups excluding tert-OH is 1. The van der Waals surface area contributed by atoms with Gasteiger partial charge in [0.25, 0.3) is 5.91 Å². The summed E-state index contributed by atoms with van der Waals surface area (Å²) in [5, 5.41) is 14.9. The van der Waals surface area contributed by atoms with Crippen molar-refractivity contribution in [2.24, 2.45) is 0 Å². The molecular weight excluding hydrogens is 310 g/mol. The summed E-state index contributed by atoms with van der Waals surface area (Å²) in [4.78, 5) is 24.7. The maximum Gasteiger partial charge on any atom is 0.287 e. The van der Waals surface area contributed by atoms with Crippen molar-refractivity contribution in [3.63, 3.8) is 0 Å². The molecule has 21 heavy (non-hydrogen) atoms. The van der Waals surface area contributed by atoms with Crippen LogP contribution in [0.15, 0.2) is 53.1 Å². The molecular formula is C15H10ClNO3S. The van der Waals surface area contributed by atoms with Crippen molar-refractivity contribution < 1.29 is 14.7 Å². The van der Waals surface area contributed by atoms with Crippen LogP contribution in [0.4, 0.5) is 0 Å². The van der Waals surface area contributed by atoms with E-state index >= 15 is 0 Å². The summed E-state index contributed by atoms with van der Waals surface area (Å²) in [6.07, 6.45) is 0. The molecule has 6 heteroatoms. The monoisotopic (exact) mass is 319 g/mol. The Morgan fingerprint density at radius 3 is 2.57 bits per heavy atom. The van der Waals surface area contributed by atoms with E-state index in [-0.39, 0.29) is 11.4 Å². The first-order valence-corrected chi connectivity index (χ1v) is 7.41. The van der Waals surface area contributed by atoms with E-state index in [1.807, 2.05) is 0 Å². The molecule has 1 atom stereocenters. The normalized spacial score (nSPS) is 18.0. The van der Waals surface area contributed by atoms with Crippen LogP contribution >= 0.6 is 22.9 Å². The van der Waals surface area contributed by atoms with Gasteiger partial charge in [0.2, 0.25) is 5.78 Å². The minimum absolute atomic E-state index is 0.0739. The SMILES string of the molecule is O=C1N[C@@H](c2ccc(Cl)cc2)C(C(=O)c2cccs2)=C1O. The zero-order valence-corrected chi connectivity index (χ0v) is 12.2. The summed E-state index contributed by atoms with van der Waals surface area (Å²) in [5.74, 6) is -1.51. The number of thiophene rings is 1. The Kier molecular flexibility index (Phi) is 3.53. The van der Waals surface area contributed by atoms with Crippen LogP contribution in [0.3, 0.4) is 0 Å². The zero-order valence-electron chi connectivity index (χ0n) is 10.7. The molecule has 0 saturated heterocycles. The third-order valence-corrected chi connectivity index (χ3v) is 4.35. The van der Waals surface area contributed by atoms with Crippen LogP contribution in [0, 0.1) is 0 Å². The van der Waals surface area contributed by atoms with Gasteiger partial charge in [-0.2, -0.15) is 0 Å². The fraction of sp³-hybridized carbons (Fsp3) is 0.0667. The molecule has 0 unspecified atom stereocenters. The molecule has 1 aliphatic rings. The predicted octanol–water partition coefficient (Wildman–Crippen LogP) is 3.27. The molecule has 0 saturated carbocycles. The quantitative estimate of drug-likeness (QED) is 0.853. The van der Waals surface area contributed by atoms with Gasteiger partial charge in [-0.1, -0.05) is 29.8 Å². The van der Waals surface area contributed by atoms with Gasteiger partial charge >= 0.3 is 0 Å². The summed E-state index contributed by atoms with van der Waals surface area (Å²) in [6.45, 7) is 0. The standard InChI is InChI=1S/C15H10ClNO3S/c16-9-5-3-8(4-6-9)12-11(14(19)15(20)17-12)13(18)10-2-1-7-21-10/h1-7,12,19H,(H,17,20)/t12-/m0/s1. The average Bonchev–Trinajstić information content (AvgIpc) is 3.09. The van der Waals surface area contributed by atoms with Crippen LogP contribution in [0.1, 0.15) is 21.3 Å². The van der Waals surface area contributed by atoms with Crippen molar-refractivity contribution >= 4 is 34.6 Å². The van der Waals surface area contributed by atoms with E-state index in [2.05, 4.69) is 5.32 Å². The Bertz CT molecular complexity index is 735. The average molecular weight is 320 g/mol. The number of hydrogen-bond donors (Lipinski definition) is 2. The summed E-state index contributed by atoms with van der Waals surface area (Å²) >= 11 is 7.11. The van der Waals surface area contributed by atoms with Gasteiger partial charge in [0, 0.05) is 5.02 Å². The number of hydrogen-bond acceptors (Lipinski definition) is 4. The zero-order chi connectivity index (χ0) is 15.0.